The second-order valence-corrected chi connectivity index (χ2v) is 6.40. The molecule has 2 aromatic carbocycles. The molecule has 0 aliphatic carbocycles. The molecule has 26 heavy (non-hydrogen) atoms. The van der Waals surface area contributed by atoms with E-state index in [4.69, 9.17) is 4.52 Å². The van der Waals surface area contributed by atoms with Crippen LogP contribution in [-0.4, -0.2) is 11.1 Å². The van der Waals surface area contributed by atoms with Crippen molar-refractivity contribution in [2.45, 2.75) is 32.7 Å². The minimum atomic E-state index is -0.289. The van der Waals surface area contributed by atoms with Gasteiger partial charge in [-0.1, -0.05) is 47.1 Å². The molecule has 1 N–H and O–H groups in total. The molecule has 1 aromatic heterocycles. The highest BCUT2D eigenvalue weighted by molar-refractivity contribution is 5.77. The van der Waals surface area contributed by atoms with Crippen molar-refractivity contribution in [1.29, 1.82) is 0 Å². The van der Waals surface area contributed by atoms with E-state index in [2.05, 4.69) is 10.5 Å². The summed E-state index contributed by atoms with van der Waals surface area (Å²) in [7, 11) is 0. The van der Waals surface area contributed by atoms with Crippen molar-refractivity contribution in [3.05, 3.63) is 77.3 Å². The zero-order valence-electron chi connectivity index (χ0n) is 14.8. The second-order valence-electron chi connectivity index (χ2n) is 6.40. The molecule has 0 radical (unpaired) electrons. The quantitative estimate of drug-likeness (QED) is 0.705. The van der Waals surface area contributed by atoms with Gasteiger partial charge in [-0.2, -0.15) is 0 Å². The van der Waals surface area contributed by atoms with Crippen molar-refractivity contribution in [2.24, 2.45) is 0 Å². The lowest BCUT2D eigenvalue weighted by Crippen LogP contribution is -2.26. The number of nitrogens with zero attached hydrogens (tertiary/aromatic N) is 1. The van der Waals surface area contributed by atoms with E-state index >= 15 is 0 Å². The summed E-state index contributed by atoms with van der Waals surface area (Å²) in [5.74, 6) is -0.360. The molecule has 1 amide bonds. The second kappa shape index (κ2) is 7.95. The number of carbonyl (C=O) groups is 1. The van der Waals surface area contributed by atoms with Crippen LogP contribution in [0.15, 0.2) is 59.3 Å². The van der Waals surface area contributed by atoms with Crippen LogP contribution in [0.4, 0.5) is 4.39 Å². The van der Waals surface area contributed by atoms with Gasteiger partial charge in [-0.3, -0.25) is 4.79 Å². The van der Waals surface area contributed by atoms with Crippen LogP contribution in [0.3, 0.4) is 0 Å². The highest BCUT2D eigenvalue weighted by Crippen LogP contribution is 2.23. The van der Waals surface area contributed by atoms with E-state index in [0.29, 0.717) is 12.8 Å². The first-order chi connectivity index (χ1) is 12.5. The van der Waals surface area contributed by atoms with Gasteiger partial charge in [0, 0.05) is 17.5 Å². The SMILES string of the molecule is Cc1ccc(-c2nocc2CCC(=O)N[C@@H](C)c2ccc(F)cc2)cc1. The van der Waals surface area contributed by atoms with E-state index in [1.807, 2.05) is 38.1 Å². The molecular formula is C21H21FN2O2. The fraction of sp³-hybridized carbons (Fsp3) is 0.238. The summed E-state index contributed by atoms with van der Waals surface area (Å²) in [6.07, 6.45) is 2.45. The predicted molar refractivity (Wildman–Crippen MR) is 98.0 cm³/mol. The third-order valence-corrected chi connectivity index (χ3v) is 4.34. The number of aromatic nitrogens is 1. The van der Waals surface area contributed by atoms with Crippen LogP contribution < -0.4 is 5.32 Å². The van der Waals surface area contributed by atoms with Crippen LogP contribution in [0.25, 0.3) is 11.3 Å². The van der Waals surface area contributed by atoms with Crippen molar-refractivity contribution >= 4 is 5.91 Å². The predicted octanol–water partition coefficient (Wildman–Crippen LogP) is 4.60. The monoisotopic (exact) mass is 352 g/mol. The third kappa shape index (κ3) is 4.36. The average Bonchev–Trinajstić information content (AvgIpc) is 3.09. The molecule has 0 saturated heterocycles. The van der Waals surface area contributed by atoms with Gasteiger partial charge in [-0.25, -0.2) is 4.39 Å². The third-order valence-electron chi connectivity index (χ3n) is 4.34. The Kier molecular flexibility index (Phi) is 5.46. The Balaban J connectivity index is 1.59. The highest BCUT2D eigenvalue weighted by Gasteiger charge is 2.14. The Morgan fingerprint density at radius 3 is 2.54 bits per heavy atom. The average molecular weight is 352 g/mol. The Morgan fingerprint density at radius 2 is 1.85 bits per heavy atom. The summed E-state index contributed by atoms with van der Waals surface area (Å²) in [4.78, 5) is 12.2. The van der Waals surface area contributed by atoms with Gasteiger partial charge in [-0.05, 0) is 38.0 Å². The van der Waals surface area contributed by atoms with Crippen molar-refractivity contribution in [3.8, 4) is 11.3 Å². The molecule has 3 aromatic rings. The molecule has 5 heteroatoms. The van der Waals surface area contributed by atoms with Crippen LogP contribution in [0.5, 0.6) is 0 Å². The number of rotatable bonds is 6. The summed E-state index contributed by atoms with van der Waals surface area (Å²) in [5.41, 5.74) is 4.68. The van der Waals surface area contributed by atoms with Gasteiger partial charge in [0.05, 0.1) is 6.04 Å². The van der Waals surface area contributed by atoms with Crippen LogP contribution in [0.2, 0.25) is 0 Å². The van der Waals surface area contributed by atoms with Gasteiger partial charge in [0.15, 0.2) is 0 Å². The van der Waals surface area contributed by atoms with Gasteiger partial charge < -0.3 is 9.84 Å². The Bertz CT molecular complexity index is 870. The maximum absolute atomic E-state index is 13.0. The number of hydrogen-bond donors (Lipinski definition) is 1. The number of amides is 1. The molecule has 0 aliphatic heterocycles. The van der Waals surface area contributed by atoms with Crippen molar-refractivity contribution < 1.29 is 13.7 Å². The summed E-state index contributed by atoms with van der Waals surface area (Å²) >= 11 is 0. The van der Waals surface area contributed by atoms with E-state index in [1.54, 1.807) is 18.4 Å². The molecule has 0 saturated carbocycles. The molecule has 134 valence electrons. The summed E-state index contributed by atoms with van der Waals surface area (Å²) < 4.78 is 18.1. The summed E-state index contributed by atoms with van der Waals surface area (Å²) in [6.45, 7) is 3.91. The zero-order chi connectivity index (χ0) is 18.5. The summed E-state index contributed by atoms with van der Waals surface area (Å²) in [6, 6.07) is 14.0. The molecule has 1 heterocycles. The Hall–Kier alpha value is -2.95. The van der Waals surface area contributed by atoms with Crippen LogP contribution in [0, 0.1) is 12.7 Å². The van der Waals surface area contributed by atoms with Gasteiger partial charge >= 0.3 is 0 Å². The Labute approximate surface area is 152 Å². The maximum Gasteiger partial charge on any atom is 0.220 e. The smallest absolute Gasteiger partial charge is 0.220 e. The lowest BCUT2D eigenvalue weighted by atomic mass is 10.0. The fourth-order valence-electron chi connectivity index (χ4n) is 2.78. The number of carbonyl (C=O) groups excluding carboxylic acids is 1. The molecule has 0 fully saturated rings. The lowest BCUT2D eigenvalue weighted by molar-refractivity contribution is -0.121. The standard InChI is InChI=1S/C21H21FN2O2/c1-14-3-5-17(6-4-14)21-18(13-26-24-21)9-12-20(25)23-15(2)16-7-10-19(22)11-8-16/h3-8,10-11,13,15H,9,12H2,1-2H3,(H,23,25)/t15-/m0/s1. The Morgan fingerprint density at radius 1 is 1.15 bits per heavy atom. The molecule has 0 aliphatic rings. The van der Waals surface area contributed by atoms with Crippen LogP contribution >= 0.6 is 0 Å². The molecule has 0 unspecified atom stereocenters. The zero-order valence-corrected chi connectivity index (χ0v) is 14.8. The minimum absolute atomic E-state index is 0.0714. The molecule has 0 bridgehead atoms. The van der Waals surface area contributed by atoms with Crippen LogP contribution in [-0.2, 0) is 11.2 Å². The van der Waals surface area contributed by atoms with Gasteiger partial charge in [0.2, 0.25) is 5.91 Å². The van der Waals surface area contributed by atoms with E-state index in [9.17, 15) is 9.18 Å². The summed E-state index contributed by atoms with van der Waals surface area (Å²) in [5, 5.41) is 7.00. The molecule has 4 nitrogen and oxygen atoms in total. The van der Waals surface area contributed by atoms with Crippen molar-refractivity contribution in [3.63, 3.8) is 0 Å². The van der Waals surface area contributed by atoms with Crippen LogP contribution in [0.1, 0.15) is 36.1 Å². The molecule has 1 atom stereocenters. The number of nitrogens with one attached hydrogen (secondary N) is 1. The van der Waals surface area contributed by atoms with E-state index in [1.165, 1.54) is 17.7 Å². The number of halogens is 1. The first-order valence-corrected chi connectivity index (χ1v) is 8.58. The minimum Gasteiger partial charge on any atom is -0.364 e. The molecule has 0 spiro atoms. The van der Waals surface area contributed by atoms with Crippen molar-refractivity contribution in [2.75, 3.05) is 0 Å². The number of aryl methyl sites for hydroxylation is 2. The maximum atomic E-state index is 13.0. The largest absolute Gasteiger partial charge is 0.364 e. The number of hydrogen-bond acceptors (Lipinski definition) is 3. The first-order valence-electron chi connectivity index (χ1n) is 8.58. The molecular weight excluding hydrogens is 331 g/mol. The van der Waals surface area contributed by atoms with Crippen molar-refractivity contribution in [1.82, 2.24) is 10.5 Å². The lowest BCUT2D eigenvalue weighted by Gasteiger charge is -2.14. The van der Waals surface area contributed by atoms with E-state index < -0.39 is 0 Å². The molecule has 3 rings (SSSR count). The van der Waals surface area contributed by atoms with Gasteiger partial charge in [0.25, 0.3) is 0 Å². The normalized spacial score (nSPS) is 12.0. The topological polar surface area (TPSA) is 55.1 Å². The van der Waals surface area contributed by atoms with Gasteiger partial charge in [-0.15, -0.1) is 0 Å². The van der Waals surface area contributed by atoms with E-state index in [0.717, 1.165) is 22.4 Å². The number of benzene rings is 2. The fourth-order valence-corrected chi connectivity index (χ4v) is 2.78. The van der Waals surface area contributed by atoms with Gasteiger partial charge in [0.1, 0.15) is 17.8 Å². The first kappa shape index (κ1) is 17.9. The van der Waals surface area contributed by atoms with E-state index in [-0.39, 0.29) is 17.8 Å². The highest BCUT2D eigenvalue weighted by atomic mass is 19.1.